The van der Waals surface area contributed by atoms with Crippen LogP contribution in [-0.2, 0) is 16.8 Å². The predicted octanol–water partition coefficient (Wildman–Crippen LogP) is 3.25. The number of nitrogens with two attached hydrogens (primary N) is 1. The Morgan fingerprint density at radius 2 is 1.79 bits per heavy atom. The normalized spacial score (nSPS) is 11.3. The number of aromatic nitrogens is 3. The minimum Gasteiger partial charge on any atom is -0.484 e. The highest BCUT2D eigenvalue weighted by molar-refractivity contribution is 5.92. The Labute approximate surface area is 164 Å². The van der Waals surface area contributed by atoms with E-state index in [0.717, 1.165) is 5.56 Å². The fourth-order valence-electron chi connectivity index (χ4n) is 2.62. The van der Waals surface area contributed by atoms with Gasteiger partial charge in [0.05, 0.1) is 6.54 Å². The van der Waals surface area contributed by atoms with Crippen molar-refractivity contribution in [2.24, 2.45) is 5.73 Å². The molecule has 2 aromatic carbocycles. The number of hydrogen-bond donors (Lipinski definition) is 3. The van der Waals surface area contributed by atoms with Crippen LogP contribution in [0.2, 0.25) is 0 Å². The Morgan fingerprint density at radius 1 is 1.11 bits per heavy atom. The first kappa shape index (κ1) is 19.6. The molecule has 0 atom stereocenters. The zero-order valence-corrected chi connectivity index (χ0v) is 16.3. The lowest BCUT2D eigenvalue weighted by molar-refractivity contribution is -0.118. The molecule has 1 aromatic heterocycles. The Morgan fingerprint density at radius 3 is 2.36 bits per heavy atom. The van der Waals surface area contributed by atoms with Gasteiger partial charge in [-0.3, -0.25) is 9.89 Å². The Hall–Kier alpha value is -3.19. The van der Waals surface area contributed by atoms with Gasteiger partial charge in [-0.05, 0) is 47.4 Å². The van der Waals surface area contributed by atoms with Crippen LogP contribution in [0.15, 0.2) is 48.5 Å². The second kappa shape index (κ2) is 8.22. The maximum Gasteiger partial charge on any atom is 0.262 e. The molecule has 1 amide bonds. The van der Waals surface area contributed by atoms with Gasteiger partial charge in [0.25, 0.3) is 5.91 Å². The predicted molar refractivity (Wildman–Crippen MR) is 109 cm³/mol. The van der Waals surface area contributed by atoms with Crippen LogP contribution in [0.4, 0.5) is 5.69 Å². The van der Waals surface area contributed by atoms with Gasteiger partial charge in [-0.1, -0.05) is 32.9 Å². The number of nitrogens with zero attached hydrogens (tertiary/aromatic N) is 2. The molecule has 0 saturated heterocycles. The van der Waals surface area contributed by atoms with E-state index in [2.05, 4.69) is 41.3 Å². The minimum atomic E-state index is -0.226. The lowest BCUT2D eigenvalue weighted by Gasteiger charge is -2.19. The second-order valence-electron chi connectivity index (χ2n) is 7.50. The summed E-state index contributed by atoms with van der Waals surface area (Å²) in [5, 5.41) is 9.69. The third-order valence-electron chi connectivity index (χ3n) is 4.24. The summed E-state index contributed by atoms with van der Waals surface area (Å²) in [6.07, 6.45) is 0. The number of carbonyl (C=O) groups excluding carboxylic acids is 1. The van der Waals surface area contributed by atoms with Crippen molar-refractivity contribution in [3.05, 3.63) is 59.9 Å². The molecule has 1 heterocycles. The molecule has 146 valence electrons. The number of amides is 1. The number of aromatic amines is 1. The van der Waals surface area contributed by atoms with Crippen molar-refractivity contribution >= 4 is 11.6 Å². The highest BCUT2D eigenvalue weighted by Crippen LogP contribution is 2.24. The zero-order chi connectivity index (χ0) is 20.1. The van der Waals surface area contributed by atoms with E-state index in [4.69, 9.17) is 10.5 Å². The third kappa shape index (κ3) is 4.95. The number of carbonyl (C=O) groups is 1. The minimum absolute atomic E-state index is 0.0581. The van der Waals surface area contributed by atoms with Crippen LogP contribution in [0.5, 0.6) is 5.75 Å². The van der Waals surface area contributed by atoms with Crippen molar-refractivity contribution in [1.82, 2.24) is 15.2 Å². The first-order chi connectivity index (χ1) is 13.3. The first-order valence-corrected chi connectivity index (χ1v) is 9.10. The summed E-state index contributed by atoms with van der Waals surface area (Å²) in [4.78, 5) is 16.4. The topological polar surface area (TPSA) is 106 Å². The molecule has 0 radical (unpaired) electrons. The highest BCUT2D eigenvalue weighted by Gasteiger charge is 2.13. The van der Waals surface area contributed by atoms with E-state index in [1.54, 1.807) is 12.1 Å². The molecule has 28 heavy (non-hydrogen) atoms. The van der Waals surface area contributed by atoms with Crippen LogP contribution in [-0.4, -0.2) is 27.7 Å². The van der Waals surface area contributed by atoms with Gasteiger partial charge in [0, 0.05) is 11.3 Å². The van der Waals surface area contributed by atoms with E-state index in [0.29, 0.717) is 29.6 Å². The van der Waals surface area contributed by atoms with Crippen molar-refractivity contribution in [3.8, 4) is 17.1 Å². The van der Waals surface area contributed by atoms with Crippen molar-refractivity contribution < 1.29 is 9.53 Å². The fraction of sp³-hybridized carbons (Fsp3) is 0.286. The molecule has 7 heteroatoms. The molecule has 0 unspecified atom stereocenters. The number of rotatable bonds is 6. The summed E-state index contributed by atoms with van der Waals surface area (Å²) in [6.45, 7) is 6.71. The van der Waals surface area contributed by atoms with Gasteiger partial charge in [0.2, 0.25) is 0 Å². The van der Waals surface area contributed by atoms with Gasteiger partial charge >= 0.3 is 0 Å². The quantitative estimate of drug-likeness (QED) is 0.610. The highest BCUT2D eigenvalue weighted by atomic mass is 16.5. The maximum absolute atomic E-state index is 12.1. The van der Waals surface area contributed by atoms with Crippen LogP contribution >= 0.6 is 0 Å². The monoisotopic (exact) mass is 379 g/mol. The lowest BCUT2D eigenvalue weighted by atomic mass is 9.87. The van der Waals surface area contributed by atoms with Crippen molar-refractivity contribution in [1.29, 1.82) is 0 Å². The van der Waals surface area contributed by atoms with Gasteiger partial charge in [-0.15, -0.1) is 0 Å². The molecule has 0 saturated carbocycles. The summed E-state index contributed by atoms with van der Waals surface area (Å²) in [5.41, 5.74) is 8.34. The average molecular weight is 379 g/mol. The van der Waals surface area contributed by atoms with Crippen LogP contribution in [0.1, 0.15) is 32.2 Å². The van der Waals surface area contributed by atoms with Gasteiger partial charge in [-0.25, -0.2) is 4.98 Å². The molecule has 3 aromatic rings. The summed E-state index contributed by atoms with van der Waals surface area (Å²) in [6, 6.07) is 15.1. The largest absolute Gasteiger partial charge is 0.484 e. The molecular weight excluding hydrogens is 354 g/mol. The summed E-state index contributed by atoms with van der Waals surface area (Å²) < 4.78 is 5.57. The van der Waals surface area contributed by atoms with E-state index in [1.165, 1.54) is 5.56 Å². The van der Waals surface area contributed by atoms with E-state index < -0.39 is 0 Å². The Balaban J connectivity index is 1.53. The number of benzene rings is 2. The average Bonchev–Trinajstić information content (AvgIpc) is 3.16. The number of nitrogens with one attached hydrogen (secondary N) is 2. The SMILES string of the molecule is CC(C)(C)c1ccc(OCC(=O)Nc2ccc(-c3n[nH]c(CN)n3)cc2)cc1. The van der Waals surface area contributed by atoms with Crippen molar-refractivity contribution in [2.75, 3.05) is 11.9 Å². The first-order valence-electron chi connectivity index (χ1n) is 9.10. The van der Waals surface area contributed by atoms with Gasteiger partial charge < -0.3 is 15.8 Å². The third-order valence-corrected chi connectivity index (χ3v) is 4.24. The fourth-order valence-corrected chi connectivity index (χ4v) is 2.62. The molecule has 3 rings (SSSR count). The smallest absolute Gasteiger partial charge is 0.262 e. The van der Waals surface area contributed by atoms with E-state index >= 15 is 0 Å². The molecule has 0 aliphatic heterocycles. The van der Waals surface area contributed by atoms with Crippen molar-refractivity contribution in [3.63, 3.8) is 0 Å². The maximum atomic E-state index is 12.1. The summed E-state index contributed by atoms with van der Waals surface area (Å²) in [7, 11) is 0. The van der Waals surface area contributed by atoms with E-state index in [-0.39, 0.29) is 17.9 Å². The summed E-state index contributed by atoms with van der Waals surface area (Å²) >= 11 is 0. The van der Waals surface area contributed by atoms with E-state index in [9.17, 15) is 4.79 Å². The molecule has 4 N–H and O–H groups in total. The van der Waals surface area contributed by atoms with Crippen molar-refractivity contribution in [2.45, 2.75) is 32.7 Å². The number of anilines is 1. The number of H-pyrrole nitrogens is 1. The van der Waals surface area contributed by atoms with E-state index in [1.807, 2.05) is 36.4 Å². The molecular formula is C21H25N5O2. The molecule has 0 aliphatic carbocycles. The molecule has 7 nitrogen and oxygen atoms in total. The Kier molecular flexibility index (Phi) is 5.75. The standard InChI is InChI=1S/C21H25N5O2/c1-21(2,3)15-6-10-17(11-7-15)28-13-19(27)23-16-8-4-14(5-9-16)20-24-18(12-22)25-26-20/h4-11H,12-13,22H2,1-3H3,(H,23,27)(H,24,25,26). The summed E-state index contributed by atoms with van der Waals surface area (Å²) in [5.74, 6) is 1.63. The van der Waals surface area contributed by atoms with Gasteiger partial charge in [0.15, 0.2) is 12.4 Å². The van der Waals surface area contributed by atoms with Gasteiger partial charge in [-0.2, -0.15) is 5.10 Å². The van der Waals surface area contributed by atoms with Gasteiger partial charge in [0.1, 0.15) is 11.6 Å². The molecule has 0 fully saturated rings. The Bertz CT molecular complexity index is 925. The van der Waals surface area contributed by atoms with Crippen LogP contribution in [0, 0.1) is 0 Å². The second-order valence-corrected chi connectivity index (χ2v) is 7.50. The molecule has 0 bridgehead atoms. The molecule has 0 aliphatic rings. The van der Waals surface area contributed by atoms with Crippen LogP contribution < -0.4 is 15.8 Å². The lowest BCUT2D eigenvalue weighted by Crippen LogP contribution is -2.20. The molecule has 0 spiro atoms. The van der Waals surface area contributed by atoms with Crippen LogP contribution in [0.25, 0.3) is 11.4 Å². The van der Waals surface area contributed by atoms with Crippen LogP contribution in [0.3, 0.4) is 0 Å². The number of ether oxygens (including phenoxy) is 1. The zero-order valence-electron chi connectivity index (χ0n) is 16.3. The number of hydrogen-bond acceptors (Lipinski definition) is 5.